The van der Waals surface area contributed by atoms with Gasteiger partial charge in [0.15, 0.2) is 12.4 Å². The normalized spacial score (nSPS) is 18.0. The lowest BCUT2D eigenvalue weighted by atomic mass is 9.96. The average Bonchev–Trinajstić information content (AvgIpc) is 3.43. The van der Waals surface area contributed by atoms with Crippen molar-refractivity contribution in [1.82, 2.24) is 20.1 Å². The third-order valence-corrected chi connectivity index (χ3v) is 5.12. The molecule has 26 heavy (non-hydrogen) atoms. The summed E-state index contributed by atoms with van der Waals surface area (Å²) >= 11 is 0. The highest BCUT2D eigenvalue weighted by atomic mass is 16.5. The Morgan fingerprint density at radius 1 is 1.12 bits per heavy atom. The Hall–Kier alpha value is -2.57. The van der Waals surface area contributed by atoms with Crippen molar-refractivity contribution < 1.29 is 14.3 Å². The number of methoxy groups -OCH3 is 1. The van der Waals surface area contributed by atoms with E-state index in [0.717, 1.165) is 43.3 Å². The van der Waals surface area contributed by atoms with Crippen LogP contribution in [-0.2, 0) is 4.79 Å². The van der Waals surface area contributed by atoms with Crippen LogP contribution in [0.3, 0.4) is 0 Å². The van der Waals surface area contributed by atoms with Gasteiger partial charge in [0.25, 0.3) is 5.91 Å². The van der Waals surface area contributed by atoms with Gasteiger partial charge >= 0.3 is 0 Å². The first-order valence-electron chi connectivity index (χ1n) is 9.20. The molecule has 0 atom stereocenters. The van der Waals surface area contributed by atoms with Crippen molar-refractivity contribution in [2.45, 2.75) is 37.5 Å². The summed E-state index contributed by atoms with van der Waals surface area (Å²) < 4.78 is 10.7. The monoisotopic (exact) mass is 356 g/mol. The number of likely N-dealkylation sites (tertiary alicyclic amines) is 1. The largest absolute Gasteiger partial charge is 0.497 e. The molecule has 1 aliphatic carbocycles. The van der Waals surface area contributed by atoms with Crippen molar-refractivity contribution in [3.63, 3.8) is 0 Å². The van der Waals surface area contributed by atoms with E-state index in [1.165, 1.54) is 12.8 Å². The number of carbonyl (C=O) groups is 1. The van der Waals surface area contributed by atoms with E-state index in [1.54, 1.807) is 19.2 Å². The summed E-state index contributed by atoms with van der Waals surface area (Å²) in [7, 11) is 1.62. The zero-order valence-electron chi connectivity index (χ0n) is 15.0. The van der Waals surface area contributed by atoms with Gasteiger partial charge in [0.1, 0.15) is 17.3 Å². The average molecular weight is 356 g/mol. The zero-order chi connectivity index (χ0) is 17.9. The molecule has 4 rings (SSSR count). The second-order valence-corrected chi connectivity index (χ2v) is 6.97. The van der Waals surface area contributed by atoms with Gasteiger partial charge < -0.3 is 14.4 Å². The van der Waals surface area contributed by atoms with Crippen molar-refractivity contribution in [2.75, 3.05) is 26.8 Å². The zero-order valence-corrected chi connectivity index (χ0v) is 15.0. The van der Waals surface area contributed by atoms with Gasteiger partial charge in [0, 0.05) is 24.9 Å². The molecule has 2 heterocycles. The highest BCUT2D eigenvalue weighted by Crippen LogP contribution is 2.38. The molecule has 1 aliphatic heterocycles. The van der Waals surface area contributed by atoms with Gasteiger partial charge in [0.05, 0.1) is 7.11 Å². The maximum absolute atomic E-state index is 12.4. The Balaban J connectivity index is 1.24. The molecule has 0 radical (unpaired) electrons. The molecule has 1 amide bonds. The van der Waals surface area contributed by atoms with E-state index < -0.39 is 0 Å². The van der Waals surface area contributed by atoms with E-state index in [0.29, 0.717) is 17.6 Å². The van der Waals surface area contributed by atoms with Crippen LogP contribution in [0.2, 0.25) is 0 Å². The molecular formula is C19H24N4O3. The fourth-order valence-corrected chi connectivity index (χ4v) is 3.31. The number of carbonyl (C=O) groups excluding carboxylic acids is 1. The Kier molecular flexibility index (Phi) is 4.77. The number of nitrogens with zero attached hydrogens (tertiary/aromatic N) is 3. The van der Waals surface area contributed by atoms with E-state index in [-0.39, 0.29) is 12.5 Å². The second-order valence-electron chi connectivity index (χ2n) is 6.97. The summed E-state index contributed by atoms with van der Waals surface area (Å²) in [4.78, 5) is 18.9. The Morgan fingerprint density at radius 3 is 2.46 bits per heavy atom. The molecule has 1 N–H and O–H groups in total. The number of hydrogen-bond donors (Lipinski definition) is 1. The summed E-state index contributed by atoms with van der Waals surface area (Å²) in [5, 5.41) is 7.43. The highest BCUT2D eigenvalue weighted by Gasteiger charge is 2.30. The molecule has 0 unspecified atom stereocenters. The quantitative estimate of drug-likeness (QED) is 0.860. The maximum atomic E-state index is 12.4. The lowest BCUT2D eigenvalue weighted by Crippen LogP contribution is -2.40. The van der Waals surface area contributed by atoms with Crippen molar-refractivity contribution in [1.29, 1.82) is 0 Å². The number of aromatic amines is 1. The number of piperidine rings is 1. The van der Waals surface area contributed by atoms with E-state index in [2.05, 4.69) is 15.2 Å². The van der Waals surface area contributed by atoms with Crippen LogP contribution in [0.15, 0.2) is 24.3 Å². The third kappa shape index (κ3) is 3.81. The first-order chi connectivity index (χ1) is 12.7. The van der Waals surface area contributed by atoms with Crippen LogP contribution >= 0.6 is 0 Å². The Labute approximate surface area is 152 Å². The SMILES string of the molecule is COc1ccc(OCC(=O)N2CCC(c3nc(C4CC4)n[nH]3)CC2)cc1. The molecule has 0 bridgehead atoms. The number of aromatic nitrogens is 3. The number of nitrogens with one attached hydrogen (secondary N) is 1. The number of ether oxygens (including phenoxy) is 2. The summed E-state index contributed by atoms with van der Waals surface area (Å²) in [5.74, 6) is 4.33. The minimum Gasteiger partial charge on any atom is -0.497 e. The minimum atomic E-state index is 0.0236. The van der Waals surface area contributed by atoms with Gasteiger partial charge in [0.2, 0.25) is 0 Å². The van der Waals surface area contributed by atoms with Crippen molar-refractivity contribution in [3.05, 3.63) is 35.9 Å². The second kappa shape index (κ2) is 7.35. The Bertz CT molecular complexity index is 746. The van der Waals surface area contributed by atoms with Gasteiger partial charge in [-0.15, -0.1) is 0 Å². The molecule has 7 heteroatoms. The topological polar surface area (TPSA) is 80.3 Å². The van der Waals surface area contributed by atoms with Crippen LogP contribution in [0.1, 0.15) is 49.2 Å². The lowest BCUT2D eigenvalue weighted by molar-refractivity contribution is -0.134. The van der Waals surface area contributed by atoms with Crippen LogP contribution < -0.4 is 9.47 Å². The fourth-order valence-electron chi connectivity index (χ4n) is 3.31. The van der Waals surface area contributed by atoms with Crippen LogP contribution in [0.4, 0.5) is 0 Å². The molecule has 2 aromatic rings. The highest BCUT2D eigenvalue weighted by molar-refractivity contribution is 5.77. The molecule has 0 spiro atoms. The summed E-state index contributed by atoms with van der Waals surface area (Å²) in [5.41, 5.74) is 0. The molecule has 1 saturated carbocycles. The van der Waals surface area contributed by atoms with E-state index >= 15 is 0 Å². The molecular weight excluding hydrogens is 332 g/mol. The van der Waals surface area contributed by atoms with Crippen LogP contribution in [0, 0.1) is 0 Å². The number of H-pyrrole nitrogens is 1. The molecule has 2 aliphatic rings. The number of rotatable bonds is 6. The Morgan fingerprint density at radius 2 is 1.81 bits per heavy atom. The van der Waals surface area contributed by atoms with E-state index in [1.807, 2.05) is 17.0 Å². The standard InChI is InChI=1S/C19H24N4O3/c1-25-15-4-6-16(7-5-15)26-12-17(24)23-10-8-14(9-11-23)19-20-18(21-22-19)13-2-3-13/h4-7,13-14H,2-3,8-12H2,1H3,(H,20,21,22). The number of amides is 1. The molecule has 1 aromatic carbocycles. The molecule has 1 saturated heterocycles. The third-order valence-electron chi connectivity index (χ3n) is 5.12. The van der Waals surface area contributed by atoms with Gasteiger partial charge in [-0.05, 0) is 49.9 Å². The molecule has 138 valence electrons. The lowest BCUT2D eigenvalue weighted by Gasteiger charge is -2.30. The molecule has 2 fully saturated rings. The van der Waals surface area contributed by atoms with E-state index in [9.17, 15) is 4.79 Å². The first kappa shape index (κ1) is 16.9. The van der Waals surface area contributed by atoms with Crippen molar-refractivity contribution in [3.8, 4) is 11.5 Å². The maximum Gasteiger partial charge on any atom is 0.260 e. The van der Waals surface area contributed by atoms with Crippen LogP contribution in [0.25, 0.3) is 0 Å². The van der Waals surface area contributed by atoms with Crippen LogP contribution in [-0.4, -0.2) is 52.8 Å². The van der Waals surface area contributed by atoms with Gasteiger partial charge in [-0.2, -0.15) is 5.10 Å². The number of hydrogen-bond acceptors (Lipinski definition) is 5. The van der Waals surface area contributed by atoms with Crippen molar-refractivity contribution >= 4 is 5.91 Å². The first-order valence-corrected chi connectivity index (χ1v) is 9.20. The van der Waals surface area contributed by atoms with Gasteiger partial charge in [-0.25, -0.2) is 4.98 Å². The fraction of sp³-hybridized carbons (Fsp3) is 0.526. The predicted octanol–water partition coefficient (Wildman–Crippen LogP) is 2.48. The number of benzene rings is 1. The van der Waals surface area contributed by atoms with Crippen LogP contribution in [0.5, 0.6) is 11.5 Å². The smallest absolute Gasteiger partial charge is 0.260 e. The van der Waals surface area contributed by atoms with E-state index in [4.69, 9.17) is 9.47 Å². The molecule has 7 nitrogen and oxygen atoms in total. The van der Waals surface area contributed by atoms with Crippen molar-refractivity contribution in [2.24, 2.45) is 0 Å². The summed E-state index contributed by atoms with van der Waals surface area (Å²) in [6.07, 6.45) is 4.23. The predicted molar refractivity (Wildman–Crippen MR) is 95.4 cm³/mol. The summed E-state index contributed by atoms with van der Waals surface area (Å²) in [6.45, 7) is 1.52. The minimum absolute atomic E-state index is 0.0236. The molecule has 1 aromatic heterocycles. The van der Waals surface area contributed by atoms with Gasteiger partial charge in [-0.1, -0.05) is 0 Å². The summed E-state index contributed by atoms with van der Waals surface area (Å²) in [6, 6.07) is 7.25. The van der Waals surface area contributed by atoms with Gasteiger partial charge in [-0.3, -0.25) is 9.89 Å².